The van der Waals surface area contributed by atoms with E-state index in [1.54, 1.807) is 0 Å². The molecule has 0 saturated heterocycles. The van der Waals surface area contributed by atoms with Crippen LogP contribution in [0.15, 0.2) is 55.1 Å². The average molecular weight is 262 g/mol. The monoisotopic (exact) mass is 262 g/mol. The topological polar surface area (TPSA) is 17.8 Å². The number of allylic oxidation sites excluding steroid dienone is 1. The maximum absolute atomic E-state index is 4.82. The summed E-state index contributed by atoms with van der Waals surface area (Å²) in [5, 5.41) is 0. The molecule has 0 aliphatic rings. The van der Waals surface area contributed by atoms with Crippen LogP contribution in [-0.2, 0) is 6.54 Å². The molecule has 0 radical (unpaired) electrons. The van der Waals surface area contributed by atoms with Crippen LogP contribution in [0.2, 0.25) is 0 Å². The lowest BCUT2D eigenvalue weighted by Crippen LogP contribution is -1.98. The highest BCUT2D eigenvalue weighted by Gasteiger charge is 2.12. The fourth-order valence-electron chi connectivity index (χ4n) is 2.50. The van der Waals surface area contributed by atoms with Crippen LogP contribution in [0.1, 0.15) is 11.1 Å². The van der Waals surface area contributed by atoms with Crippen molar-refractivity contribution in [3.05, 3.63) is 66.2 Å². The van der Waals surface area contributed by atoms with E-state index < -0.39 is 0 Å². The highest BCUT2D eigenvalue weighted by molar-refractivity contribution is 5.82. The molecule has 0 saturated carbocycles. The van der Waals surface area contributed by atoms with Crippen molar-refractivity contribution in [3.63, 3.8) is 0 Å². The smallest absolute Gasteiger partial charge is 0.141 e. The molecule has 0 bridgehead atoms. The van der Waals surface area contributed by atoms with Crippen molar-refractivity contribution in [2.24, 2.45) is 0 Å². The third kappa shape index (κ3) is 2.03. The van der Waals surface area contributed by atoms with E-state index in [-0.39, 0.29) is 0 Å². The number of benzene rings is 2. The van der Waals surface area contributed by atoms with Gasteiger partial charge in [0.05, 0.1) is 11.0 Å². The largest absolute Gasteiger partial charge is 0.320 e. The molecular weight excluding hydrogens is 244 g/mol. The average Bonchev–Trinajstić information content (AvgIpc) is 2.79. The molecule has 0 atom stereocenters. The van der Waals surface area contributed by atoms with Gasteiger partial charge in [-0.3, -0.25) is 0 Å². The maximum Gasteiger partial charge on any atom is 0.141 e. The van der Waals surface area contributed by atoms with Crippen LogP contribution in [-0.4, -0.2) is 9.55 Å². The third-order valence-corrected chi connectivity index (χ3v) is 3.71. The molecule has 2 aromatic carbocycles. The standard InChI is InChI=1S/C18H18N2/c1-4-10-20-17-12-14(3)13(2)11-16(17)19-18(20)15-8-6-5-7-9-15/h4-9,11-12H,1,10H2,2-3H3. The third-order valence-electron chi connectivity index (χ3n) is 3.71. The summed E-state index contributed by atoms with van der Waals surface area (Å²) in [5.41, 5.74) is 5.93. The molecular formula is C18H18N2. The number of rotatable bonds is 3. The predicted molar refractivity (Wildman–Crippen MR) is 84.8 cm³/mol. The van der Waals surface area contributed by atoms with Gasteiger partial charge in [0, 0.05) is 12.1 Å². The lowest BCUT2D eigenvalue weighted by molar-refractivity contribution is 0.861. The Balaban J connectivity index is 2.31. The molecule has 0 amide bonds. The highest BCUT2D eigenvalue weighted by atomic mass is 15.1. The summed E-state index contributed by atoms with van der Waals surface area (Å²) in [4.78, 5) is 4.82. The van der Waals surface area contributed by atoms with Crippen molar-refractivity contribution in [1.29, 1.82) is 0 Å². The van der Waals surface area contributed by atoms with Crippen LogP contribution in [0.4, 0.5) is 0 Å². The normalized spacial score (nSPS) is 10.9. The first kappa shape index (κ1) is 12.7. The van der Waals surface area contributed by atoms with Crippen molar-refractivity contribution in [2.45, 2.75) is 20.4 Å². The number of nitrogens with zero attached hydrogens (tertiary/aromatic N) is 2. The Hall–Kier alpha value is -2.35. The zero-order valence-electron chi connectivity index (χ0n) is 11.9. The Bertz CT molecular complexity index is 767. The summed E-state index contributed by atoms with van der Waals surface area (Å²) in [6.07, 6.45) is 1.92. The summed E-state index contributed by atoms with van der Waals surface area (Å²) < 4.78 is 2.23. The fourth-order valence-corrected chi connectivity index (χ4v) is 2.50. The second-order valence-electron chi connectivity index (χ2n) is 5.13. The summed E-state index contributed by atoms with van der Waals surface area (Å²) in [6.45, 7) is 8.91. The summed E-state index contributed by atoms with van der Waals surface area (Å²) in [5.74, 6) is 1.01. The van der Waals surface area contributed by atoms with Gasteiger partial charge < -0.3 is 4.57 Å². The molecule has 0 spiro atoms. The number of aromatic nitrogens is 2. The first-order valence-electron chi connectivity index (χ1n) is 6.84. The second kappa shape index (κ2) is 4.97. The molecule has 100 valence electrons. The number of imidazole rings is 1. The quantitative estimate of drug-likeness (QED) is 0.635. The first-order chi connectivity index (χ1) is 9.70. The fraction of sp³-hybridized carbons (Fsp3) is 0.167. The van der Waals surface area contributed by atoms with Crippen LogP contribution in [0.5, 0.6) is 0 Å². The van der Waals surface area contributed by atoms with Crippen LogP contribution < -0.4 is 0 Å². The minimum absolute atomic E-state index is 0.767. The Labute approximate surface area is 119 Å². The van der Waals surface area contributed by atoms with E-state index >= 15 is 0 Å². The van der Waals surface area contributed by atoms with E-state index in [9.17, 15) is 0 Å². The summed E-state index contributed by atoms with van der Waals surface area (Å²) in [6, 6.07) is 14.7. The molecule has 1 aromatic heterocycles. The molecule has 0 aliphatic carbocycles. The van der Waals surface area contributed by atoms with Gasteiger partial charge in [0.25, 0.3) is 0 Å². The number of fused-ring (bicyclic) bond motifs is 1. The Morgan fingerprint density at radius 3 is 2.50 bits per heavy atom. The molecule has 0 fully saturated rings. The second-order valence-corrected chi connectivity index (χ2v) is 5.13. The number of hydrogen-bond acceptors (Lipinski definition) is 1. The molecule has 0 N–H and O–H groups in total. The summed E-state index contributed by atoms with van der Waals surface area (Å²) in [7, 11) is 0. The van der Waals surface area contributed by atoms with Crippen molar-refractivity contribution in [3.8, 4) is 11.4 Å². The zero-order chi connectivity index (χ0) is 14.1. The molecule has 20 heavy (non-hydrogen) atoms. The molecule has 3 aromatic rings. The predicted octanol–water partition coefficient (Wildman–Crippen LogP) is 4.51. The van der Waals surface area contributed by atoms with E-state index in [0.717, 1.165) is 23.4 Å². The number of aryl methyl sites for hydroxylation is 2. The molecule has 1 heterocycles. The Morgan fingerprint density at radius 2 is 1.80 bits per heavy atom. The van der Waals surface area contributed by atoms with Gasteiger partial charge in [-0.25, -0.2) is 4.98 Å². The molecule has 0 aliphatic heterocycles. The molecule has 3 rings (SSSR count). The maximum atomic E-state index is 4.82. The molecule has 0 unspecified atom stereocenters. The van der Waals surface area contributed by atoms with Crippen molar-refractivity contribution >= 4 is 11.0 Å². The van der Waals surface area contributed by atoms with Crippen LogP contribution >= 0.6 is 0 Å². The van der Waals surface area contributed by atoms with Gasteiger partial charge in [0.1, 0.15) is 5.82 Å². The SMILES string of the molecule is C=CCn1c(-c2ccccc2)nc2cc(C)c(C)cc21. The molecule has 2 heteroatoms. The van der Waals surface area contributed by atoms with Crippen molar-refractivity contribution < 1.29 is 0 Å². The Morgan fingerprint density at radius 1 is 1.10 bits per heavy atom. The van der Waals surface area contributed by atoms with Crippen LogP contribution in [0.3, 0.4) is 0 Å². The van der Waals surface area contributed by atoms with Crippen molar-refractivity contribution in [2.75, 3.05) is 0 Å². The van der Waals surface area contributed by atoms with E-state index in [2.05, 4.69) is 49.3 Å². The number of hydrogen-bond donors (Lipinski definition) is 0. The Kier molecular flexibility index (Phi) is 3.15. The van der Waals surface area contributed by atoms with Gasteiger partial charge in [-0.05, 0) is 37.1 Å². The molecule has 2 nitrogen and oxygen atoms in total. The zero-order valence-corrected chi connectivity index (χ0v) is 11.9. The summed E-state index contributed by atoms with van der Waals surface area (Å²) >= 11 is 0. The minimum Gasteiger partial charge on any atom is -0.320 e. The van der Waals surface area contributed by atoms with Crippen LogP contribution in [0.25, 0.3) is 22.4 Å². The van der Waals surface area contributed by atoms with Crippen LogP contribution in [0, 0.1) is 13.8 Å². The first-order valence-corrected chi connectivity index (χ1v) is 6.84. The van der Waals surface area contributed by atoms with E-state index in [1.807, 2.05) is 24.3 Å². The minimum atomic E-state index is 0.767. The van der Waals surface area contributed by atoms with Gasteiger partial charge in [-0.15, -0.1) is 6.58 Å². The van der Waals surface area contributed by atoms with Gasteiger partial charge in [-0.1, -0.05) is 36.4 Å². The van der Waals surface area contributed by atoms with E-state index in [1.165, 1.54) is 16.6 Å². The van der Waals surface area contributed by atoms with Crippen molar-refractivity contribution in [1.82, 2.24) is 9.55 Å². The lowest BCUT2D eigenvalue weighted by atomic mass is 10.1. The van der Waals surface area contributed by atoms with E-state index in [0.29, 0.717) is 0 Å². The van der Waals surface area contributed by atoms with E-state index in [4.69, 9.17) is 4.98 Å². The van der Waals surface area contributed by atoms with Gasteiger partial charge in [0.15, 0.2) is 0 Å². The highest BCUT2D eigenvalue weighted by Crippen LogP contribution is 2.26. The van der Waals surface area contributed by atoms with Gasteiger partial charge in [0.2, 0.25) is 0 Å². The van der Waals surface area contributed by atoms with Gasteiger partial charge in [-0.2, -0.15) is 0 Å². The van der Waals surface area contributed by atoms with Gasteiger partial charge >= 0.3 is 0 Å². The lowest BCUT2D eigenvalue weighted by Gasteiger charge is -2.07.